The molecule has 0 spiro atoms. The molecule has 220 valence electrons. The molecule has 3 aromatic rings. The molecule has 0 aromatic heterocycles. The van der Waals surface area contributed by atoms with E-state index in [1.54, 1.807) is 12.1 Å². The Kier molecular flexibility index (Phi) is 9.80. The number of ether oxygens (including phenoxy) is 1. The fourth-order valence-corrected chi connectivity index (χ4v) is 5.09. The molecule has 0 bridgehead atoms. The lowest BCUT2D eigenvalue weighted by molar-refractivity contribution is -0.142. The number of phenolic OH excluding ortho intramolecular Hbond substituents is 1. The summed E-state index contributed by atoms with van der Waals surface area (Å²) in [4.78, 5) is 50.0. The Morgan fingerprint density at radius 3 is 2.00 bits per heavy atom. The number of carboxylic acid groups (broad SMARTS) is 1. The van der Waals surface area contributed by atoms with Gasteiger partial charge in [-0.05, 0) is 52.3 Å². The zero-order valence-electron chi connectivity index (χ0n) is 23.5. The predicted molar refractivity (Wildman–Crippen MR) is 156 cm³/mol. The summed E-state index contributed by atoms with van der Waals surface area (Å²) in [5.41, 5.74) is 4.94. The van der Waals surface area contributed by atoms with Crippen molar-refractivity contribution in [1.29, 1.82) is 0 Å². The van der Waals surface area contributed by atoms with Crippen molar-refractivity contribution >= 4 is 23.9 Å². The van der Waals surface area contributed by atoms with E-state index >= 15 is 0 Å². The van der Waals surface area contributed by atoms with Crippen LogP contribution in [-0.4, -0.2) is 59.3 Å². The van der Waals surface area contributed by atoms with Crippen molar-refractivity contribution in [1.82, 2.24) is 16.0 Å². The Hall–Kier alpha value is -4.86. The van der Waals surface area contributed by atoms with Gasteiger partial charge in [-0.2, -0.15) is 0 Å². The SMILES string of the molecule is CC(C)C[C@H](NC(=O)CNC(=O)OCC1c2ccccc2-c2ccccc21)C(=O)N[C@H](Cc1ccc(O)cc1)C(=O)O. The van der Waals surface area contributed by atoms with E-state index < -0.39 is 42.5 Å². The van der Waals surface area contributed by atoms with Gasteiger partial charge in [-0.15, -0.1) is 0 Å². The molecule has 0 unspecified atom stereocenters. The minimum absolute atomic E-state index is 0.00691. The molecule has 0 heterocycles. The number of rotatable bonds is 12. The van der Waals surface area contributed by atoms with Gasteiger partial charge in [0.25, 0.3) is 0 Å². The van der Waals surface area contributed by atoms with E-state index in [1.165, 1.54) is 12.1 Å². The molecule has 3 amide bonds. The highest BCUT2D eigenvalue weighted by atomic mass is 16.5. The first-order valence-electron chi connectivity index (χ1n) is 13.8. The first-order chi connectivity index (χ1) is 20.1. The number of carbonyl (C=O) groups excluding carboxylic acids is 3. The maximum Gasteiger partial charge on any atom is 0.407 e. The monoisotopic (exact) mass is 573 g/mol. The second-order valence-electron chi connectivity index (χ2n) is 10.7. The molecular formula is C32H35N3O7. The van der Waals surface area contributed by atoms with E-state index in [0.29, 0.717) is 5.56 Å². The number of alkyl carbamates (subject to hydrolysis) is 1. The molecule has 42 heavy (non-hydrogen) atoms. The lowest BCUT2D eigenvalue weighted by Crippen LogP contribution is -2.54. The molecule has 10 heteroatoms. The lowest BCUT2D eigenvalue weighted by atomic mass is 9.98. The summed E-state index contributed by atoms with van der Waals surface area (Å²) in [7, 11) is 0. The number of aromatic hydroxyl groups is 1. The van der Waals surface area contributed by atoms with Crippen LogP contribution in [-0.2, 0) is 25.5 Å². The van der Waals surface area contributed by atoms with Crippen molar-refractivity contribution in [3.05, 3.63) is 89.5 Å². The Balaban J connectivity index is 1.30. The highest BCUT2D eigenvalue weighted by Gasteiger charge is 2.30. The zero-order chi connectivity index (χ0) is 30.2. The van der Waals surface area contributed by atoms with Crippen LogP contribution < -0.4 is 16.0 Å². The molecule has 1 aliphatic carbocycles. The van der Waals surface area contributed by atoms with E-state index in [0.717, 1.165) is 22.3 Å². The molecule has 5 N–H and O–H groups in total. The van der Waals surface area contributed by atoms with Gasteiger partial charge in [0, 0.05) is 12.3 Å². The number of carboxylic acids is 1. The maximum absolute atomic E-state index is 13.0. The Morgan fingerprint density at radius 2 is 1.43 bits per heavy atom. The molecule has 0 saturated carbocycles. The number of benzene rings is 3. The topological polar surface area (TPSA) is 154 Å². The largest absolute Gasteiger partial charge is 0.508 e. The average Bonchev–Trinajstić information content (AvgIpc) is 3.28. The van der Waals surface area contributed by atoms with Crippen LogP contribution >= 0.6 is 0 Å². The maximum atomic E-state index is 13.0. The number of aliphatic carboxylic acids is 1. The summed E-state index contributed by atoms with van der Waals surface area (Å²) in [5, 5.41) is 26.6. The van der Waals surface area contributed by atoms with E-state index in [1.807, 2.05) is 62.4 Å². The molecule has 0 aliphatic heterocycles. The zero-order valence-corrected chi connectivity index (χ0v) is 23.5. The van der Waals surface area contributed by atoms with Crippen LogP contribution in [0.1, 0.15) is 42.9 Å². The molecule has 1 aliphatic rings. The van der Waals surface area contributed by atoms with Gasteiger partial charge in [-0.1, -0.05) is 74.5 Å². The van der Waals surface area contributed by atoms with Gasteiger partial charge in [-0.3, -0.25) is 9.59 Å². The van der Waals surface area contributed by atoms with Crippen LogP contribution in [0.4, 0.5) is 4.79 Å². The van der Waals surface area contributed by atoms with E-state index in [-0.39, 0.29) is 37.0 Å². The van der Waals surface area contributed by atoms with Gasteiger partial charge in [0.2, 0.25) is 11.8 Å². The summed E-state index contributed by atoms with van der Waals surface area (Å²) in [6.07, 6.45) is -0.516. The number of phenols is 1. The van der Waals surface area contributed by atoms with Crippen LogP contribution in [0.2, 0.25) is 0 Å². The third-order valence-electron chi connectivity index (χ3n) is 7.09. The van der Waals surface area contributed by atoms with Gasteiger partial charge in [-0.25, -0.2) is 9.59 Å². The predicted octanol–water partition coefficient (Wildman–Crippen LogP) is 3.57. The minimum atomic E-state index is -1.24. The minimum Gasteiger partial charge on any atom is -0.508 e. The Morgan fingerprint density at radius 1 is 0.833 bits per heavy atom. The van der Waals surface area contributed by atoms with Gasteiger partial charge >= 0.3 is 12.1 Å². The van der Waals surface area contributed by atoms with Gasteiger partial charge in [0.05, 0.1) is 0 Å². The summed E-state index contributed by atoms with van der Waals surface area (Å²) >= 11 is 0. The van der Waals surface area contributed by atoms with Crippen LogP contribution in [0.5, 0.6) is 5.75 Å². The standard InChI is InChI=1S/C32H35N3O7/c1-19(2)15-27(30(38)35-28(31(39)40)16-20-11-13-21(36)14-12-20)34-29(37)17-33-32(41)42-18-26-24-9-5-3-7-22(24)23-8-4-6-10-25(23)26/h3-14,19,26-28,36H,15-18H2,1-2H3,(H,33,41)(H,34,37)(H,35,38)(H,39,40)/t27-,28+/m0/s1. The molecule has 10 nitrogen and oxygen atoms in total. The first-order valence-corrected chi connectivity index (χ1v) is 13.8. The van der Waals surface area contributed by atoms with Crippen molar-refractivity contribution < 1.29 is 34.1 Å². The quantitative estimate of drug-likeness (QED) is 0.222. The van der Waals surface area contributed by atoms with Crippen LogP contribution in [0.25, 0.3) is 11.1 Å². The molecular weight excluding hydrogens is 538 g/mol. The van der Waals surface area contributed by atoms with Crippen LogP contribution in [0.3, 0.4) is 0 Å². The van der Waals surface area contributed by atoms with Crippen molar-refractivity contribution in [3.8, 4) is 16.9 Å². The van der Waals surface area contributed by atoms with Crippen molar-refractivity contribution in [2.45, 2.75) is 44.7 Å². The van der Waals surface area contributed by atoms with Crippen molar-refractivity contribution in [3.63, 3.8) is 0 Å². The molecule has 0 radical (unpaired) electrons. The summed E-state index contributed by atoms with van der Waals surface area (Å²) in [6.45, 7) is 3.41. The van der Waals surface area contributed by atoms with Gasteiger partial charge in [0.15, 0.2) is 0 Å². The molecule has 0 saturated heterocycles. The molecule has 2 atom stereocenters. The third-order valence-corrected chi connectivity index (χ3v) is 7.09. The molecule has 3 aromatic carbocycles. The van der Waals surface area contributed by atoms with Gasteiger partial charge < -0.3 is 30.9 Å². The number of amides is 3. The highest BCUT2D eigenvalue weighted by Crippen LogP contribution is 2.44. The Bertz CT molecular complexity index is 1390. The third kappa shape index (κ3) is 7.66. The second-order valence-corrected chi connectivity index (χ2v) is 10.7. The number of hydrogen-bond acceptors (Lipinski definition) is 6. The van der Waals surface area contributed by atoms with Crippen LogP contribution in [0.15, 0.2) is 72.8 Å². The number of hydrogen-bond donors (Lipinski definition) is 5. The fourth-order valence-electron chi connectivity index (χ4n) is 5.09. The van der Waals surface area contributed by atoms with E-state index in [2.05, 4.69) is 16.0 Å². The van der Waals surface area contributed by atoms with Crippen molar-refractivity contribution in [2.75, 3.05) is 13.2 Å². The summed E-state index contributed by atoms with van der Waals surface area (Å²) in [6, 6.07) is 19.7. The number of carbonyl (C=O) groups is 4. The smallest absolute Gasteiger partial charge is 0.407 e. The summed E-state index contributed by atoms with van der Waals surface area (Å²) in [5.74, 6) is -2.57. The van der Waals surface area contributed by atoms with E-state index in [9.17, 15) is 29.4 Å². The molecule has 0 fully saturated rings. The summed E-state index contributed by atoms with van der Waals surface area (Å²) < 4.78 is 5.46. The first kappa shape index (κ1) is 30.1. The van der Waals surface area contributed by atoms with E-state index in [4.69, 9.17) is 4.74 Å². The van der Waals surface area contributed by atoms with Crippen molar-refractivity contribution in [2.24, 2.45) is 5.92 Å². The fraction of sp³-hybridized carbons (Fsp3) is 0.312. The normalized spacial score (nSPS) is 13.4. The Labute approximate surface area is 244 Å². The van der Waals surface area contributed by atoms with Gasteiger partial charge in [0.1, 0.15) is 31.0 Å². The lowest BCUT2D eigenvalue weighted by Gasteiger charge is -2.23. The number of fused-ring (bicyclic) bond motifs is 3. The average molecular weight is 574 g/mol. The van der Waals surface area contributed by atoms with Crippen LogP contribution in [0, 0.1) is 5.92 Å². The second kappa shape index (κ2) is 13.7. The molecule has 4 rings (SSSR count). The number of nitrogens with one attached hydrogen (secondary N) is 3. The highest BCUT2D eigenvalue weighted by molar-refractivity contribution is 5.91.